The van der Waals surface area contributed by atoms with Gasteiger partial charge < -0.3 is 10.6 Å². The zero-order chi connectivity index (χ0) is 16.0. The van der Waals surface area contributed by atoms with Crippen LogP contribution in [0.5, 0.6) is 0 Å². The Morgan fingerprint density at radius 2 is 2.14 bits per heavy atom. The van der Waals surface area contributed by atoms with Crippen LogP contribution in [0.2, 0.25) is 0 Å². The van der Waals surface area contributed by atoms with Gasteiger partial charge in [-0.3, -0.25) is 4.99 Å². The first-order valence-corrected chi connectivity index (χ1v) is 8.28. The number of alkyl halides is 3. The minimum Gasteiger partial charge on any atom is -0.356 e. The molecule has 0 radical (unpaired) electrons. The van der Waals surface area contributed by atoms with Crippen molar-refractivity contribution in [2.45, 2.75) is 19.1 Å². The maximum absolute atomic E-state index is 12.4. The first kappa shape index (κ1) is 16.8. The Balaban J connectivity index is 1.75. The van der Waals surface area contributed by atoms with Gasteiger partial charge >= 0.3 is 6.18 Å². The molecule has 0 bridgehead atoms. The molecule has 2 heterocycles. The molecule has 0 amide bonds. The molecule has 0 spiro atoms. The van der Waals surface area contributed by atoms with Crippen LogP contribution >= 0.6 is 22.7 Å². The molecule has 22 heavy (non-hydrogen) atoms. The maximum atomic E-state index is 12.4. The summed E-state index contributed by atoms with van der Waals surface area (Å²) in [7, 11) is 1.65. The van der Waals surface area contributed by atoms with Gasteiger partial charge in [0.25, 0.3) is 0 Å². The Kier molecular flexibility index (Phi) is 5.78. The van der Waals surface area contributed by atoms with Crippen LogP contribution in [0.15, 0.2) is 27.2 Å². The number of aromatic nitrogens is 1. The molecule has 120 valence electrons. The van der Waals surface area contributed by atoms with E-state index < -0.39 is 11.9 Å². The number of nitrogens with one attached hydrogen (secondary N) is 2. The van der Waals surface area contributed by atoms with E-state index in [1.54, 1.807) is 18.4 Å². The highest BCUT2D eigenvalue weighted by molar-refractivity contribution is 7.09. The molecule has 4 nitrogen and oxygen atoms in total. The molecule has 2 aromatic rings. The van der Waals surface area contributed by atoms with Gasteiger partial charge in [0.15, 0.2) is 11.7 Å². The van der Waals surface area contributed by atoms with E-state index in [9.17, 15) is 13.2 Å². The lowest BCUT2D eigenvalue weighted by atomic mass is 10.3. The first-order chi connectivity index (χ1) is 10.5. The van der Waals surface area contributed by atoms with Crippen LogP contribution in [0, 0.1) is 0 Å². The van der Waals surface area contributed by atoms with Crippen LogP contribution in [0.25, 0.3) is 0 Å². The zero-order valence-electron chi connectivity index (χ0n) is 11.8. The van der Waals surface area contributed by atoms with Gasteiger partial charge in [-0.25, -0.2) is 4.98 Å². The van der Waals surface area contributed by atoms with Gasteiger partial charge in [-0.15, -0.1) is 11.3 Å². The van der Waals surface area contributed by atoms with Crippen molar-refractivity contribution < 1.29 is 13.2 Å². The zero-order valence-corrected chi connectivity index (χ0v) is 13.4. The molecule has 0 aliphatic carbocycles. The van der Waals surface area contributed by atoms with Gasteiger partial charge in [-0.2, -0.15) is 24.5 Å². The number of guanidine groups is 1. The van der Waals surface area contributed by atoms with Gasteiger partial charge in [-0.05, 0) is 22.4 Å². The summed E-state index contributed by atoms with van der Waals surface area (Å²) in [6, 6.07) is 2.01. The van der Waals surface area contributed by atoms with Gasteiger partial charge in [0.2, 0.25) is 0 Å². The van der Waals surface area contributed by atoms with E-state index in [-0.39, 0.29) is 0 Å². The average molecular weight is 348 g/mol. The van der Waals surface area contributed by atoms with Crippen LogP contribution < -0.4 is 10.6 Å². The number of thiophene rings is 1. The van der Waals surface area contributed by atoms with Crippen LogP contribution in [0.1, 0.15) is 16.3 Å². The van der Waals surface area contributed by atoms with Crippen molar-refractivity contribution in [3.05, 3.63) is 38.5 Å². The molecule has 0 aromatic carbocycles. The number of aliphatic imine (C=N–C) groups is 1. The van der Waals surface area contributed by atoms with E-state index in [0.29, 0.717) is 30.5 Å². The van der Waals surface area contributed by atoms with Crippen molar-refractivity contribution >= 4 is 28.6 Å². The predicted octanol–water partition coefficient (Wildman–Crippen LogP) is 3.13. The Bertz CT molecular complexity index is 605. The van der Waals surface area contributed by atoms with Crippen LogP contribution in [-0.2, 0) is 19.1 Å². The van der Waals surface area contributed by atoms with Crippen LogP contribution in [0.4, 0.5) is 13.2 Å². The summed E-state index contributed by atoms with van der Waals surface area (Å²) >= 11 is 2.64. The highest BCUT2D eigenvalue weighted by Gasteiger charge is 2.33. The number of rotatable bonds is 5. The van der Waals surface area contributed by atoms with Crippen LogP contribution in [0.3, 0.4) is 0 Å². The lowest BCUT2D eigenvalue weighted by molar-refractivity contribution is -0.140. The second kappa shape index (κ2) is 7.59. The SMILES string of the molecule is CN=C(NCCc1nc(C(F)(F)F)cs1)NCc1ccsc1. The third-order valence-corrected chi connectivity index (χ3v) is 4.38. The minimum absolute atomic E-state index is 0.417. The van der Waals surface area contributed by atoms with E-state index in [2.05, 4.69) is 20.6 Å². The van der Waals surface area contributed by atoms with E-state index in [1.165, 1.54) is 0 Å². The fourth-order valence-corrected chi connectivity index (χ4v) is 3.12. The van der Waals surface area contributed by atoms with Crippen molar-refractivity contribution in [2.75, 3.05) is 13.6 Å². The monoisotopic (exact) mass is 348 g/mol. The quantitative estimate of drug-likeness (QED) is 0.645. The molecule has 0 aliphatic heterocycles. The summed E-state index contributed by atoms with van der Waals surface area (Å²) in [6.07, 6.45) is -3.96. The summed E-state index contributed by atoms with van der Waals surface area (Å²) in [5.41, 5.74) is 0.329. The predicted molar refractivity (Wildman–Crippen MR) is 83.3 cm³/mol. The summed E-state index contributed by atoms with van der Waals surface area (Å²) in [6.45, 7) is 1.12. The lowest BCUT2D eigenvalue weighted by Gasteiger charge is -2.10. The second-order valence-corrected chi connectivity index (χ2v) is 6.08. The standard InChI is InChI=1S/C13H15F3N4S2/c1-17-12(19-6-9-3-5-21-7-9)18-4-2-11-20-10(8-22-11)13(14,15)16/h3,5,7-8H,2,4,6H2,1H3,(H2,17,18,19). The first-order valence-electron chi connectivity index (χ1n) is 6.46. The molecule has 2 aromatic heterocycles. The molecule has 9 heteroatoms. The molecule has 2 rings (SSSR count). The number of halogens is 3. The summed E-state index contributed by atoms with van der Waals surface area (Å²) in [5.74, 6) is 0.610. The van der Waals surface area contributed by atoms with Crippen molar-refractivity contribution in [1.82, 2.24) is 15.6 Å². The smallest absolute Gasteiger partial charge is 0.356 e. The fraction of sp³-hybridized carbons (Fsp3) is 0.385. The van der Waals surface area contributed by atoms with Crippen molar-refractivity contribution in [3.8, 4) is 0 Å². The summed E-state index contributed by atoms with van der Waals surface area (Å²) < 4.78 is 37.3. The minimum atomic E-state index is -4.37. The van der Waals surface area contributed by atoms with E-state index >= 15 is 0 Å². The lowest BCUT2D eigenvalue weighted by Crippen LogP contribution is -2.37. The van der Waals surface area contributed by atoms with Crippen molar-refractivity contribution in [1.29, 1.82) is 0 Å². The average Bonchev–Trinajstić information content (AvgIpc) is 3.13. The number of nitrogens with zero attached hydrogens (tertiary/aromatic N) is 2. The molecule has 0 saturated carbocycles. The van der Waals surface area contributed by atoms with E-state index in [4.69, 9.17) is 0 Å². The van der Waals surface area contributed by atoms with Crippen molar-refractivity contribution in [3.63, 3.8) is 0 Å². The van der Waals surface area contributed by atoms with E-state index in [1.807, 2.05) is 16.8 Å². The molecule has 0 atom stereocenters. The Morgan fingerprint density at radius 3 is 2.73 bits per heavy atom. The fourth-order valence-electron chi connectivity index (χ4n) is 1.64. The molecule has 0 saturated heterocycles. The van der Waals surface area contributed by atoms with Crippen LogP contribution in [-0.4, -0.2) is 24.5 Å². The topological polar surface area (TPSA) is 49.3 Å². The molecule has 0 unspecified atom stereocenters. The number of hydrogen-bond donors (Lipinski definition) is 2. The van der Waals surface area contributed by atoms with Gasteiger partial charge in [0, 0.05) is 31.9 Å². The third-order valence-electron chi connectivity index (χ3n) is 2.74. The number of thiazole rings is 1. The Morgan fingerprint density at radius 1 is 1.32 bits per heavy atom. The second-order valence-electron chi connectivity index (χ2n) is 4.36. The summed E-state index contributed by atoms with van der Waals surface area (Å²) in [5, 5.41) is 11.7. The number of hydrogen-bond acceptors (Lipinski definition) is 4. The van der Waals surface area contributed by atoms with Gasteiger partial charge in [0.1, 0.15) is 0 Å². The molecular weight excluding hydrogens is 333 g/mol. The van der Waals surface area contributed by atoms with Crippen molar-refractivity contribution in [2.24, 2.45) is 4.99 Å². The Labute approximate surface area is 134 Å². The normalized spacial score (nSPS) is 12.5. The molecular formula is C13H15F3N4S2. The molecule has 2 N–H and O–H groups in total. The highest BCUT2D eigenvalue weighted by Crippen LogP contribution is 2.29. The van der Waals surface area contributed by atoms with E-state index in [0.717, 1.165) is 22.3 Å². The Hall–Kier alpha value is -1.61. The largest absolute Gasteiger partial charge is 0.434 e. The highest BCUT2D eigenvalue weighted by atomic mass is 32.1. The van der Waals surface area contributed by atoms with Gasteiger partial charge in [-0.1, -0.05) is 0 Å². The third kappa shape index (κ3) is 4.99. The van der Waals surface area contributed by atoms with Gasteiger partial charge in [0.05, 0.1) is 5.01 Å². The summed E-state index contributed by atoms with van der Waals surface area (Å²) in [4.78, 5) is 7.65. The molecule has 0 fully saturated rings. The molecule has 0 aliphatic rings. The maximum Gasteiger partial charge on any atom is 0.434 e.